The van der Waals surface area contributed by atoms with Crippen LogP contribution >= 0.6 is 34.3 Å². The summed E-state index contributed by atoms with van der Waals surface area (Å²) in [5, 5.41) is 7.73. The molecule has 0 aromatic carbocycles. The highest BCUT2D eigenvalue weighted by Gasteiger charge is 2.05. The summed E-state index contributed by atoms with van der Waals surface area (Å²) < 4.78 is 0.839. The average Bonchev–Trinajstić information content (AvgIpc) is 3.01. The van der Waals surface area contributed by atoms with Crippen LogP contribution in [-0.2, 0) is 13.0 Å². The van der Waals surface area contributed by atoms with Gasteiger partial charge in [0.1, 0.15) is 0 Å². The van der Waals surface area contributed by atoms with Crippen molar-refractivity contribution >= 4 is 40.2 Å². The first-order valence-corrected chi connectivity index (χ1v) is 9.29. The van der Waals surface area contributed by atoms with Gasteiger partial charge in [-0.1, -0.05) is 11.6 Å². The van der Waals surface area contributed by atoms with Crippen molar-refractivity contribution in [3.05, 3.63) is 36.9 Å². The highest BCUT2D eigenvalue weighted by Crippen LogP contribution is 2.21. The maximum Gasteiger partial charge on any atom is 0.191 e. The number of halogens is 1. The SMILES string of the molecule is CCNC(=NCc1sc(C)nc1C)NCCc1ccc(Cl)s1. The Labute approximate surface area is 144 Å². The lowest BCUT2D eigenvalue weighted by Gasteiger charge is -2.10. The number of aliphatic imine (C=N–C) groups is 1. The Bertz CT molecular complexity index is 633. The van der Waals surface area contributed by atoms with Crippen molar-refractivity contribution in [1.29, 1.82) is 0 Å². The van der Waals surface area contributed by atoms with E-state index in [-0.39, 0.29) is 0 Å². The van der Waals surface area contributed by atoms with E-state index in [1.165, 1.54) is 9.75 Å². The van der Waals surface area contributed by atoms with Crippen LogP contribution in [0.4, 0.5) is 0 Å². The van der Waals surface area contributed by atoms with Gasteiger partial charge in [0.15, 0.2) is 5.96 Å². The monoisotopic (exact) mass is 356 g/mol. The minimum Gasteiger partial charge on any atom is -0.357 e. The normalized spacial score (nSPS) is 11.7. The average molecular weight is 357 g/mol. The lowest BCUT2D eigenvalue weighted by molar-refractivity contribution is 0.805. The molecule has 0 saturated carbocycles. The molecule has 0 fully saturated rings. The molecule has 0 aliphatic rings. The van der Waals surface area contributed by atoms with Gasteiger partial charge in [-0.05, 0) is 39.3 Å². The first-order chi connectivity index (χ1) is 10.6. The summed E-state index contributed by atoms with van der Waals surface area (Å²) >= 11 is 9.28. The molecule has 0 amide bonds. The van der Waals surface area contributed by atoms with Gasteiger partial charge in [0, 0.05) is 22.8 Å². The minimum absolute atomic E-state index is 0.664. The summed E-state index contributed by atoms with van der Waals surface area (Å²) in [4.78, 5) is 11.6. The highest BCUT2D eigenvalue weighted by molar-refractivity contribution is 7.16. The minimum atomic E-state index is 0.664. The number of nitrogens with one attached hydrogen (secondary N) is 2. The molecule has 2 N–H and O–H groups in total. The van der Waals surface area contributed by atoms with Crippen LogP contribution in [0.5, 0.6) is 0 Å². The predicted octanol–water partition coefficient (Wildman–Crippen LogP) is 3.77. The molecule has 4 nitrogen and oxygen atoms in total. The maximum absolute atomic E-state index is 5.94. The van der Waals surface area contributed by atoms with Gasteiger partial charge < -0.3 is 10.6 Å². The van der Waals surface area contributed by atoms with Gasteiger partial charge in [-0.25, -0.2) is 9.98 Å². The van der Waals surface area contributed by atoms with Crippen molar-refractivity contribution < 1.29 is 0 Å². The highest BCUT2D eigenvalue weighted by atomic mass is 35.5. The third-order valence-electron chi connectivity index (χ3n) is 3.02. The van der Waals surface area contributed by atoms with Crippen molar-refractivity contribution in [3.8, 4) is 0 Å². The van der Waals surface area contributed by atoms with Gasteiger partial charge in [-0.3, -0.25) is 0 Å². The molecule has 0 unspecified atom stereocenters. The topological polar surface area (TPSA) is 49.3 Å². The molecule has 0 atom stereocenters. The van der Waals surface area contributed by atoms with Gasteiger partial charge in [-0.15, -0.1) is 22.7 Å². The molecule has 0 aliphatic heterocycles. The summed E-state index contributed by atoms with van der Waals surface area (Å²) in [5.74, 6) is 0.843. The molecular weight excluding hydrogens is 336 g/mol. The quantitative estimate of drug-likeness (QED) is 0.611. The van der Waals surface area contributed by atoms with Crippen LogP contribution in [0.3, 0.4) is 0 Å². The second-order valence-electron chi connectivity index (χ2n) is 4.82. The van der Waals surface area contributed by atoms with Crippen LogP contribution in [0.2, 0.25) is 4.34 Å². The van der Waals surface area contributed by atoms with Crippen LogP contribution in [0.15, 0.2) is 17.1 Å². The van der Waals surface area contributed by atoms with Crippen molar-refractivity contribution in [1.82, 2.24) is 15.6 Å². The van der Waals surface area contributed by atoms with E-state index in [0.717, 1.165) is 40.5 Å². The Morgan fingerprint density at radius 1 is 1.27 bits per heavy atom. The largest absolute Gasteiger partial charge is 0.357 e. The number of aryl methyl sites for hydroxylation is 2. The lowest BCUT2D eigenvalue weighted by Crippen LogP contribution is -2.38. The van der Waals surface area contributed by atoms with Crippen LogP contribution in [0.25, 0.3) is 0 Å². The van der Waals surface area contributed by atoms with Crippen LogP contribution in [0.1, 0.15) is 27.4 Å². The van der Waals surface area contributed by atoms with Gasteiger partial charge in [0.2, 0.25) is 0 Å². The molecular formula is C15H21ClN4S2. The summed E-state index contributed by atoms with van der Waals surface area (Å²) in [5.41, 5.74) is 1.08. The fourth-order valence-corrected chi connectivity index (χ4v) is 3.95. The molecule has 0 spiro atoms. The number of hydrogen-bond donors (Lipinski definition) is 2. The van der Waals surface area contributed by atoms with E-state index in [0.29, 0.717) is 6.54 Å². The molecule has 0 aliphatic carbocycles. The summed E-state index contributed by atoms with van der Waals surface area (Å²) in [6.45, 7) is 8.48. The fraction of sp³-hybridized carbons (Fsp3) is 0.467. The van der Waals surface area contributed by atoms with Crippen molar-refractivity contribution in [2.24, 2.45) is 4.99 Å². The second kappa shape index (κ2) is 8.50. The first kappa shape index (κ1) is 17.2. The van der Waals surface area contributed by atoms with Gasteiger partial charge in [0.25, 0.3) is 0 Å². The lowest BCUT2D eigenvalue weighted by atomic mass is 10.3. The molecule has 120 valence electrons. The number of nitrogens with zero attached hydrogens (tertiary/aromatic N) is 2. The van der Waals surface area contributed by atoms with Crippen molar-refractivity contribution in [3.63, 3.8) is 0 Å². The zero-order valence-electron chi connectivity index (χ0n) is 13.1. The third-order valence-corrected chi connectivity index (χ3v) is 5.37. The number of aromatic nitrogens is 1. The second-order valence-corrected chi connectivity index (χ2v) is 7.91. The van der Waals surface area contributed by atoms with E-state index in [1.54, 1.807) is 22.7 Å². The fourth-order valence-electron chi connectivity index (χ4n) is 2.00. The molecule has 2 aromatic rings. The molecule has 2 heterocycles. The zero-order chi connectivity index (χ0) is 15.9. The smallest absolute Gasteiger partial charge is 0.191 e. The molecule has 0 bridgehead atoms. The molecule has 2 rings (SSSR count). The Kier molecular flexibility index (Phi) is 6.67. The molecule has 2 aromatic heterocycles. The van der Waals surface area contributed by atoms with Gasteiger partial charge in [0.05, 0.1) is 21.6 Å². The van der Waals surface area contributed by atoms with Crippen molar-refractivity contribution in [2.45, 2.75) is 33.7 Å². The number of rotatable bonds is 6. The maximum atomic E-state index is 5.94. The van der Waals surface area contributed by atoms with E-state index >= 15 is 0 Å². The Balaban J connectivity index is 1.88. The number of hydrogen-bond acceptors (Lipinski definition) is 4. The van der Waals surface area contributed by atoms with Crippen LogP contribution in [-0.4, -0.2) is 24.0 Å². The van der Waals surface area contributed by atoms with Gasteiger partial charge >= 0.3 is 0 Å². The van der Waals surface area contributed by atoms with E-state index in [2.05, 4.69) is 33.6 Å². The predicted molar refractivity (Wildman–Crippen MR) is 97.4 cm³/mol. The van der Waals surface area contributed by atoms with E-state index in [1.807, 2.05) is 19.9 Å². The van der Waals surface area contributed by atoms with E-state index in [4.69, 9.17) is 11.6 Å². The first-order valence-electron chi connectivity index (χ1n) is 7.27. The van der Waals surface area contributed by atoms with E-state index in [9.17, 15) is 0 Å². The Morgan fingerprint density at radius 2 is 2.09 bits per heavy atom. The molecule has 7 heteroatoms. The third kappa shape index (κ3) is 5.26. The standard InChI is InChI=1S/C15H21ClN4S2/c1-4-17-15(18-8-7-12-5-6-14(16)22-12)19-9-13-10(2)20-11(3)21-13/h5-6H,4,7-9H2,1-3H3,(H2,17,18,19). The number of thiazole rings is 1. The summed E-state index contributed by atoms with van der Waals surface area (Å²) in [6.07, 6.45) is 0.945. The zero-order valence-corrected chi connectivity index (χ0v) is 15.5. The Hall–Kier alpha value is -1.11. The van der Waals surface area contributed by atoms with Crippen LogP contribution in [0, 0.1) is 13.8 Å². The molecule has 22 heavy (non-hydrogen) atoms. The summed E-state index contributed by atoms with van der Waals surface area (Å²) in [6, 6.07) is 4.01. The van der Waals surface area contributed by atoms with Crippen LogP contribution < -0.4 is 10.6 Å². The number of guanidine groups is 1. The summed E-state index contributed by atoms with van der Waals surface area (Å²) in [7, 11) is 0. The van der Waals surface area contributed by atoms with Crippen molar-refractivity contribution in [2.75, 3.05) is 13.1 Å². The van der Waals surface area contributed by atoms with E-state index < -0.39 is 0 Å². The molecule has 0 radical (unpaired) electrons. The molecule has 0 saturated heterocycles. The van der Waals surface area contributed by atoms with Gasteiger partial charge in [-0.2, -0.15) is 0 Å². The Morgan fingerprint density at radius 3 is 2.68 bits per heavy atom. The number of thiophene rings is 1.